The number of nitrogens with two attached hydrogens (primary N) is 1. The van der Waals surface area contributed by atoms with Crippen molar-refractivity contribution in [1.29, 1.82) is 0 Å². The van der Waals surface area contributed by atoms with Crippen LogP contribution in [0.4, 0.5) is 0 Å². The van der Waals surface area contributed by atoms with Crippen LogP contribution < -0.4 is 16.6 Å². The van der Waals surface area contributed by atoms with Crippen molar-refractivity contribution in [3.05, 3.63) is 92.5 Å². The van der Waals surface area contributed by atoms with E-state index in [4.69, 9.17) is 5.73 Å². The lowest BCUT2D eigenvalue weighted by atomic mass is 9.97. The highest BCUT2D eigenvalue weighted by molar-refractivity contribution is 6.09. The molecule has 0 spiro atoms. The van der Waals surface area contributed by atoms with Gasteiger partial charge >= 0.3 is 0 Å². The Balaban J connectivity index is 1.82. The molecule has 0 saturated heterocycles. The first-order valence-electron chi connectivity index (χ1n) is 11.6. The first kappa shape index (κ1) is 23.5. The molecule has 6 heteroatoms. The number of rotatable bonds is 6. The zero-order valence-electron chi connectivity index (χ0n) is 20.5. The van der Waals surface area contributed by atoms with Gasteiger partial charge < -0.3 is 20.6 Å². The molecule has 0 fully saturated rings. The zero-order chi connectivity index (χ0) is 24.6. The third-order valence-corrected chi connectivity index (χ3v) is 6.34. The highest BCUT2D eigenvalue weighted by Gasteiger charge is 2.19. The standard InChI is InChI=1S/C28H32N4O2/c1-16(2)32-15-18(4)26-23(27(33)30-14-24-17(3)9-19(5)31-28(24)34)11-22(12-25(26)32)21-8-6-7-20(10-21)13-29/h6-12,15-16H,13-14,29H2,1-5H3,(H,30,33)(H,31,34). The van der Waals surface area contributed by atoms with Crippen LogP contribution in [0.1, 0.15) is 58.2 Å². The fourth-order valence-corrected chi connectivity index (χ4v) is 4.60. The highest BCUT2D eigenvalue weighted by atomic mass is 16.1. The number of carbonyl (C=O) groups excluding carboxylic acids is 1. The van der Waals surface area contributed by atoms with Gasteiger partial charge in [-0.05, 0) is 86.7 Å². The summed E-state index contributed by atoms with van der Waals surface area (Å²) >= 11 is 0. The van der Waals surface area contributed by atoms with Gasteiger partial charge in [-0.2, -0.15) is 0 Å². The molecule has 1 amide bonds. The van der Waals surface area contributed by atoms with Gasteiger partial charge in [-0.25, -0.2) is 0 Å². The summed E-state index contributed by atoms with van der Waals surface area (Å²) in [6, 6.07) is 14.3. The number of H-pyrrole nitrogens is 1. The molecule has 6 nitrogen and oxygen atoms in total. The smallest absolute Gasteiger partial charge is 0.253 e. The minimum atomic E-state index is -0.203. The lowest BCUT2D eigenvalue weighted by Crippen LogP contribution is -2.28. The van der Waals surface area contributed by atoms with Gasteiger partial charge in [-0.3, -0.25) is 9.59 Å². The number of nitrogens with one attached hydrogen (secondary N) is 2. The number of aromatic nitrogens is 2. The molecule has 176 valence electrons. The summed E-state index contributed by atoms with van der Waals surface area (Å²) in [6.45, 7) is 10.6. The summed E-state index contributed by atoms with van der Waals surface area (Å²) in [5, 5.41) is 3.92. The van der Waals surface area contributed by atoms with Crippen LogP contribution in [0.3, 0.4) is 0 Å². The molecule has 0 saturated carbocycles. The van der Waals surface area contributed by atoms with Gasteiger partial charge in [-0.1, -0.05) is 18.2 Å². The second kappa shape index (κ2) is 9.31. The van der Waals surface area contributed by atoms with E-state index in [1.807, 2.05) is 51.1 Å². The molecule has 0 aliphatic heterocycles. The Morgan fingerprint density at radius 3 is 2.50 bits per heavy atom. The molecule has 0 aliphatic rings. The summed E-state index contributed by atoms with van der Waals surface area (Å²) in [6.07, 6.45) is 2.10. The van der Waals surface area contributed by atoms with E-state index in [-0.39, 0.29) is 24.1 Å². The highest BCUT2D eigenvalue weighted by Crippen LogP contribution is 2.33. The quantitative estimate of drug-likeness (QED) is 0.386. The van der Waals surface area contributed by atoms with Crippen LogP contribution in [0.15, 0.2) is 53.5 Å². The Morgan fingerprint density at radius 2 is 1.82 bits per heavy atom. The number of pyridine rings is 1. The number of aryl methyl sites for hydroxylation is 3. The van der Waals surface area contributed by atoms with Crippen molar-refractivity contribution in [1.82, 2.24) is 14.9 Å². The van der Waals surface area contributed by atoms with Crippen molar-refractivity contribution < 1.29 is 4.79 Å². The summed E-state index contributed by atoms with van der Waals surface area (Å²) < 4.78 is 2.20. The van der Waals surface area contributed by atoms with E-state index in [0.717, 1.165) is 44.4 Å². The third-order valence-electron chi connectivity index (χ3n) is 6.34. The molecule has 4 N–H and O–H groups in total. The Labute approximate surface area is 199 Å². The molecule has 34 heavy (non-hydrogen) atoms. The largest absolute Gasteiger partial charge is 0.348 e. The number of carbonyl (C=O) groups is 1. The van der Waals surface area contributed by atoms with Crippen molar-refractivity contribution in [2.45, 2.75) is 53.8 Å². The maximum Gasteiger partial charge on any atom is 0.253 e. The molecule has 4 aromatic rings. The van der Waals surface area contributed by atoms with E-state index >= 15 is 0 Å². The molecule has 0 unspecified atom stereocenters. The zero-order valence-corrected chi connectivity index (χ0v) is 20.5. The molecule has 0 atom stereocenters. The van der Waals surface area contributed by atoms with E-state index in [1.54, 1.807) is 0 Å². The molecule has 4 rings (SSSR count). The second-order valence-electron chi connectivity index (χ2n) is 9.26. The third kappa shape index (κ3) is 4.41. The van der Waals surface area contributed by atoms with Crippen LogP contribution in [-0.2, 0) is 13.1 Å². The van der Waals surface area contributed by atoms with Gasteiger partial charge in [0, 0.05) is 53.1 Å². The second-order valence-corrected chi connectivity index (χ2v) is 9.26. The lowest BCUT2D eigenvalue weighted by molar-refractivity contribution is 0.0952. The average Bonchev–Trinajstić information content (AvgIpc) is 3.14. The van der Waals surface area contributed by atoms with E-state index < -0.39 is 0 Å². The lowest BCUT2D eigenvalue weighted by Gasteiger charge is -2.14. The van der Waals surface area contributed by atoms with Gasteiger partial charge in [0.25, 0.3) is 11.5 Å². The predicted molar refractivity (Wildman–Crippen MR) is 138 cm³/mol. The maximum absolute atomic E-state index is 13.5. The number of amides is 1. The minimum Gasteiger partial charge on any atom is -0.348 e. The van der Waals surface area contributed by atoms with Gasteiger partial charge in [-0.15, -0.1) is 0 Å². The first-order chi connectivity index (χ1) is 16.2. The molecule has 2 aromatic carbocycles. The van der Waals surface area contributed by atoms with Gasteiger partial charge in [0.15, 0.2) is 0 Å². The molecule has 0 aliphatic carbocycles. The van der Waals surface area contributed by atoms with Crippen molar-refractivity contribution in [3.63, 3.8) is 0 Å². The Morgan fingerprint density at radius 1 is 1.06 bits per heavy atom. The fraction of sp³-hybridized carbons (Fsp3) is 0.286. The summed E-state index contributed by atoms with van der Waals surface area (Å²) in [5.74, 6) is -0.203. The summed E-state index contributed by atoms with van der Waals surface area (Å²) in [5.41, 5.74) is 13.6. The Kier molecular flexibility index (Phi) is 6.44. The Hall–Kier alpha value is -3.64. The van der Waals surface area contributed by atoms with Crippen LogP contribution >= 0.6 is 0 Å². The van der Waals surface area contributed by atoms with Crippen LogP contribution in [0.2, 0.25) is 0 Å². The average molecular weight is 457 g/mol. The molecule has 0 radical (unpaired) electrons. The Bertz CT molecular complexity index is 1440. The number of hydrogen-bond donors (Lipinski definition) is 3. The van der Waals surface area contributed by atoms with Crippen molar-refractivity contribution in [2.24, 2.45) is 5.73 Å². The number of benzene rings is 2. The maximum atomic E-state index is 13.5. The minimum absolute atomic E-state index is 0.165. The molecular formula is C28H32N4O2. The van der Waals surface area contributed by atoms with Crippen LogP contribution in [0.25, 0.3) is 22.0 Å². The van der Waals surface area contributed by atoms with Crippen LogP contribution in [-0.4, -0.2) is 15.5 Å². The van der Waals surface area contributed by atoms with Gasteiger partial charge in [0.1, 0.15) is 0 Å². The fourth-order valence-electron chi connectivity index (χ4n) is 4.60. The molecule has 2 aromatic heterocycles. The number of hydrogen-bond acceptors (Lipinski definition) is 3. The van der Waals surface area contributed by atoms with Crippen molar-refractivity contribution >= 4 is 16.8 Å². The normalized spacial score (nSPS) is 11.4. The first-order valence-corrected chi connectivity index (χ1v) is 11.6. The van der Waals surface area contributed by atoms with Crippen molar-refractivity contribution in [2.75, 3.05) is 0 Å². The van der Waals surface area contributed by atoms with E-state index in [1.165, 1.54) is 0 Å². The molecule has 0 bridgehead atoms. The summed E-state index contributed by atoms with van der Waals surface area (Å²) in [7, 11) is 0. The van der Waals surface area contributed by atoms with Crippen LogP contribution in [0.5, 0.6) is 0 Å². The number of fused-ring (bicyclic) bond motifs is 1. The monoisotopic (exact) mass is 456 g/mol. The molecular weight excluding hydrogens is 424 g/mol. The van der Waals surface area contributed by atoms with E-state index in [0.29, 0.717) is 17.7 Å². The predicted octanol–water partition coefficient (Wildman–Crippen LogP) is 4.89. The number of nitrogens with zero attached hydrogens (tertiary/aromatic N) is 1. The van der Waals surface area contributed by atoms with Gasteiger partial charge in [0.2, 0.25) is 0 Å². The SMILES string of the molecule is Cc1cc(C)c(CNC(=O)c2cc(-c3cccc(CN)c3)cc3c2c(C)cn3C(C)C)c(=O)[nH]1. The van der Waals surface area contributed by atoms with Crippen LogP contribution in [0, 0.1) is 20.8 Å². The van der Waals surface area contributed by atoms with E-state index in [2.05, 4.69) is 47.0 Å². The summed E-state index contributed by atoms with van der Waals surface area (Å²) in [4.78, 5) is 28.8. The number of aromatic amines is 1. The molecule has 2 heterocycles. The van der Waals surface area contributed by atoms with E-state index in [9.17, 15) is 9.59 Å². The van der Waals surface area contributed by atoms with Gasteiger partial charge in [0.05, 0.1) is 0 Å². The van der Waals surface area contributed by atoms with Crippen molar-refractivity contribution in [3.8, 4) is 11.1 Å². The topological polar surface area (TPSA) is 92.9 Å².